The molecule has 5 aliphatic rings. The van der Waals surface area contributed by atoms with Crippen molar-refractivity contribution in [2.24, 2.45) is 53.1 Å². The molecule has 29 heteroatoms. The number of benzene rings is 5. The molecule has 2 aliphatic heterocycles. The highest BCUT2D eigenvalue weighted by Gasteiger charge is 2.37. The number of nitrogens with one attached hydrogen (secondary N) is 6. The van der Waals surface area contributed by atoms with Crippen LogP contribution in [0.2, 0.25) is 0 Å². The average molecular weight is 1950 g/mol. The molecule has 2 amide bonds. The monoisotopic (exact) mass is 1950 g/mol. The lowest BCUT2D eigenvalue weighted by Crippen LogP contribution is -2.46. The number of pyridine rings is 2. The number of halogens is 2. The zero-order valence-electron chi connectivity index (χ0n) is 76.4. The van der Waals surface area contributed by atoms with E-state index in [1.807, 2.05) is 151 Å². The van der Waals surface area contributed by atoms with Gasteiger partial charge in [0.25, 0.3) is 0 Å². The van der Waals surface area contributed by atoms with Crippen molar-refractivity contribution in [2.75, 3.05) is 81.4 Å². The minimum Gasteiger partial charge on any atom is -0.665 e. The molecule has 0 radical (unpaired) electrons. The number of hydrogen-bond donors (Lipinski definition) is 8. The van der Waals surface area contributed by atoms with Gasteiger partial charge in [0.05, 0.1) is 58.3 Å². The van der Waals surface area contributed by atoms with Crippen molar-refractivity contribution < 1.29 is 51.8 Å². The molecule has 5 aromatic carbocycles. The third kappa shape index (κ3) is 42.5. The van der Waals surface area contributed by atoms with E-state index in [1.54, 1.807) is 35.4 Å². The van der Waals surface area contributed by atoms with Crippen molar-refractivity contribution in [1.29, 1.82) is 0 Å². The number of nitrogens with zero attached hydrogens (tertiary/aromatic N) is 2. The zero-order valence-corrected chi connectivity index (χ0v) is 85.6. The Morgan fingerprint density at radius 3 is 0.929 bits per heavy atom. The molecule has 9 N–H and O–H groups in total. The van der Waals surface area contributed by atoms with Crippen LogP contribution in [0.25, 0.3) is 0 Å². The van der Waals surface area contributed by atoms with Crippen LogP contribution in [0.5, 0.6) is 0 Å². The number of carbonyl (C=O) groups is 3. The molecule has 0 spiro atoms. The lowest BCUT2D eigenvalue weighted by atomic mass is 9.90. The maximum atomic E-state index is 12.3. The quantitative estimate of drug-likeness (QED) is 0.0102. The van der Waals surface area contributed by atoms with Gasteiger partial charge in [0.15, 0.2) is 24.8 Å². The topological polar surface area (TPSA) is 224 Å². The number of methoxy groups -OCH3 is 5. The van der Waals surface area contributed by atoms with E-state index in [-0.39, 0.29) is 90.8 Å². The van der Waals surface area contributed by atoms with Crippen LogP contribution in [-0.4, -0.2) is 157 Å². The first-order valence-electron chi connectivity index (χ1n) is 45.0. The van der Waals surface area contributed by atoms with Gasteiger partial charge in [-0.05, 0) is 203 Å². The van der Waals surface area contributed by atoms with E-state index in [9.17, 15) is 14.4 Å². The van der Waals surface area contributed by atoms with E-state index >= 15 is 0 Å². The minimum atomic E-state index is -2.26. The second-order valence-electron chi connectivity index (χ2n) is 33.0. The molecule has 7 aromatic rings. The minimum absolute atomic E-state index is 0. The SMILES string of the molecule is CO[C@@H](C1CCCC1)[C@@H](C)C(=O)NCCc1ccccc1.CO[C@@H](C1CCCC1)[C@@H](C)C(=O)O.CO[C@@H](C1CCCC1)[C@@H](C)C(=S)NCCc1ccccc1.CO[C@@H]([C@@H]1CCCN1)[C@@H](C)C(=O)NCCc1ccccc1.CO[C@@H]([C@@H]1CCCN1)[C@@H](C)C(=S)NCCc1ccccc1.Cl.Cl.NCCc1ccccc1.S=P([S-])(SP(=S)([S-])[n+]1ccccc1)[n+]1ccccc1. The molecule has 2 aromatic heterocycles. The molecule has 2 saturated heterocycles. The number of hydrogen-bond acceptors (Lipinski definition) is 18. The molecule has 3 aliphatic carbocycles. The van der Waals surface area contributed by atoms with Crippen LogP contribution in [0.1, 0.15) is 165 Å². The van der Waals surface area contributed by atoms with Gasteiger partial charge in [-0.3, -0.25) is 14.4 Å². The van der Waals surface area contributed by atoms with Gasteiger partial charge in [-0.1, -0.05) is 254 Å². The van der Waals surface area contributed by atoms with E-state index < -0.39 is 15.2 Å². The summed E-state index contributed by atoms with van der Waals surface area (Å²) in [5.41, 5.74) is 11.9. The van der Waals surface area contributed by atoms with Gasteiger partial charge in [0.2, 0.25) is 11.8 Å². The summed E-state index contributed by atoms with van der Waals surface area (Å²) in [6.45, 7) is 16.0. The van der Waals surface area contributed by atoms with Gasteiger partial charge >= 0.3 is 5.97 Å². The maximum absolute atomic E-state index is 12.3. The Morgan fingerprint density at radius 1 is 0.402 bits per heavy atom. The number of nitrogens with two attached hydrogens (primary N) is 1. The van der Waals surface area contributed by atoms with Crippen molar-refractivity contribution in [3.05, 3.63) is 241 Å². The first-order chi connectivity index (χ1) is 60.4. The molecule has 18 nitrogen and oxygen atoms in total. The largest absolute Gasteiger partial charge is 0.665 e. The third-order valence-corrected chi connectivity index (χ3v) is 42.8. The summed E-state index contributed by atoms with van der Waals surface area (Å²) in [6.07, 6.45) is 32.1. The fraction of sp³-hybridized carbons (Fsp3) is 0.541. The van der Waals surface area contributed by atoms with Gasteiger partial charge < -0.3 is 90.9 Å². The van der Waals surface area contributed by atoms with Gasteiger partial charge in [0.1, 0.15) is 9.18 Å². The summed E-state index contributed by atoms with van der Waals surface area (Å²) in [7, 11) is 8.65. The van der Waals surface area contributed by atoms with Crippen LogP contribution in [-0.2, 0) is 118 Å². The fourth-order valence-electron chi connectivity index (χ4n) is 17.1. The number of aromatic nitrogens is 2. The summed E-state index contributed by atoms with van der Waals surface area (Å²) in [6, 6.07) is 64.0. The zero-order chi connectivity index (χ0) is 90.6. The number of aliphatic carboxylic acids is 1. The van der Waals surface area contributed by atoms with Crippen molar-refractivity contribution in [3.8, 4) is 0 Å². The highest BCUT2D eigenvalue weighted by Crippen LogP contribution is 2.71. The highest BCUT2D eigenvalue weighted by atomic mass is 35.5. The molecule has 3 saturated carbocycles. The molecule has 12 rings (SSSR count). The summed E-state index contributed by atoms with van der Waals surface area (Å²) in [5.74, 6) is 1.05. The maximum Gasteiger partial charge on any atom is 0.308 e. The molecule has 0 bridgehead atoms. The van der Waals surface area contributed by atoms with Gasteiger partial charge in [-0.15, -0.1) is 24.8 Å². The molecule has 2 unspecified atom stereocenters. The summed E-state index contributed by atoms with van der Waals surface area (Å²) < 4.78 is 27.2. The van der Waals surface area contributed by atoms with Crippen molar-refractivity contribution >= 4 is 145 Å². The second-order valence-corrected chi connectivity index (χ2v) is 52.5. The standard InChI is InChI=1S/C18H27NO2.C18H27NOS.C17H26N2O2.C17H26N2OS.C10H10N2P2S5.C10H18O3.C8H11N.2ClH/c1-14(17(21-2)16-10-6-7-11-16)18(20)19-13-12-15-8-4-3-5-9-15;1-14(17(20-2)16-10-6-7-11-16)18(21)19-13-12-15-8-4-3-5-9-15;1-13(16(21-2)15-9-6-11-18-15)17(20)19-12-10-14-7-4-3-5-8-14;1-13(16(20-2)15-9-6-11-18-15)17(21)19-12-10-14-7-4-3-5-8-14;15-13(16,11-7-3-1-4-8-11)19-14(17,18)12-9-5-2-6-10-12;1-7(10(11)12)9(13-2)8-5-3-4-6-8;9-7-6-8-4-2-1-3-5-8;;/h3-5,8-9,14,16-17H,6-7,10-13H2,1-2H3,(H,19,20);3-5,8-9,14,16-17H,6-7,10-13H2,1-2H3,(H,19,21);3-5,7-8,13,15-16,18H,6,9-12H2,1-2H3,(H,19,20);3-5,7-8,13,15-16,18H,6,9-12H2,1-2H3,(H,19,21);1-10H;7-9H,3-6H2,1-2H3,(H,11,12);1-5H,6-7,9H2;2*1H/t2*14-,17-;2*13-,15+,16-;;7-,9-;;;/m1111.1.../s1. The first kappa shape index (κ1) is 115. The molecule has 127 heavy (non-hydrogen) atoms. The lowest BCUT2D eigenvalue weighted by molar-refractivity contribution is -0.506. The molecule has 704 valence electrons. The van der Waals surface area contributed by atoms with E-state index in [1.165, 1.54) is 116 Å². The number of amides is 2. The third-order valence-electron chi connectivity index (χ3n) is 24.1. The van der Waals surface area contributed by atoms with E-state index in [0.717, 1.165) is 100 Å². The number of carboxylic acid groups (broad SMARTS) is 1. The molecule has 14 atom stereocenters. The van der Waals surface area contributed by atoms with E-state index in [4.69, 9.17) is 107 Å². The number of ether oxygens (including phenoxy) is 5. The Labute approximate surface area is 809 Å². The Kier molecular flexibility index (Phi) is 59.3. The number of thiocarbonyl (C=S) groups is 2. The first-order valence-corrected chi connectivity index (χ1v) is 55.4. The van der Waals surface area contributed by atoms with Crippen LogP contribution < -0.4 is 46.3 Å². The number of carboxylic acids is 1. The van der Waals surface area contributed by atoms with Crippen LogP contribution in [0.3, 0.4) is 0 Å². The van der Waals surface area contributed by atoms with Crippen LogP contribution in [0.15, 0.2) is 213 Å². The lowest BCUT2D eigenvalue weighted by Gasteiger charge is -2.29. The van der Waals surface area contributed by atoms with Gasteiger partial charge in [0, 0.05) is 110 Å². The molecule has 4 heterocycles. The van der Waals surface area contributed by atoms with Crippen LogP contribution >= 0.6 is 69.4 Å². The Morgan fingerprint density at radius 2 is 0.654 bits per heavy atom. The van der Waals surface area contributed by atoms with E-state index in [0.29, 0.717) is 48.8 Å². The Balaban J connectivity index is 0.000000313. The van der Waals surface area contributed by atoms with Gasteiger partial charge in [-0.25, -0.2) is 0 Å². The summed E-state index contributed by atoms with van der Waals surface area (Å²) in [4.78, 5) is 37.2. The Hall–Kier alpha value is -4.80. The summed E-state index contributed by atoms with van der Waals surface area (Å²) >= 11 is 34.9. The van der Waals surface area contributed by atoms with Crippen molar-refractivity contribution in [2.45, 2.75) is 212 Å². The predicted octanol–water partition coefficient (Wildman–Crippen LogP) is 18.3. The van der Waals surface area contributed by atoms with Crippen molar-refractivity contribution in [1.82, 2.24) is 31.9 Å². The highest BCUT2D eigenvalue weighted by molar-refractivity contribution is 9.16. The van der Waals surface area contributed by atoms with Crippen LogP contribution in [0.4, 0.5) is 0 Å². The molecular formula is C98H147Cl2N9O9P2S7. The second kappa shape index (κ2) is 65.7. The predicted molar refractivity (Wildman–Crippen MR) is 552 cm³/mol. The summed E-state index contributed by atoms with van der Waals surface area (Å²) in [5, 5.41) is 28.7. The normalized spacial score (nSPS) is 18.6. The van der Waals surface area contributed by atoms with Crippen molar-refractivity contribution in [3.63, 3.8) is 0 Å². The Bertz CT molecular complexity index is 3790. The number of carbonyl (C=O) groups excluding carboxylic acids is 2. The fourth-order valence-corrected chi connectivity index (χ4v) is 41.1. The van der Waals surface area contributed by atoms with E-state index in [2.05, 4.69) is 137 Å². The van der Waals surface area contributed by atoms with Gasteiger partial charge in [-0.2, -0.15) is 8.68 Å². The van der Waals surface area contributed by atoms with Crippen LogP contribution in [0, 0.1) is 47.3 Å². The average Bonchev–Trinajstić information content (AvgIpc) is 1.65. The number of rotatable bonds is 38. The molecular weight excluding hydrogens is 1800 g/mol. The molecule has 5 fully saturated rings. The smallest absolute Gasteiger partial charge is 0.308 e.